The highest BCUT2D eigenvalue weighted by Gasteiger charge is 2.14. The maximum absolute atomic E-state index is 13.1. The van der Waals surface area contributed by atoms with Crippen LogP contribution in [0.25, 0.3) is 0 Å². The van der Waals surface area contributed by atoms with Crippen molar-refractivity contribution in [3.63, 3.8) is 0 Å². The third-order valence-electron chi connectivity index (χ3n) is 3.94. The highest BCUT2D eigenvalue weighted by atomic mass is 79.9. The van der Waals surface area contributed by atoms with Gasteiger partial charge in [-0.2, -0.15) is 0 Å². The van der Waals surface area contributed by atoms with Gasteiger partial charge in [-0.25, -0.2) is 4.39 Å². The number of ether oxygens (including phenoxy) is 2. The van der Waals surface area contributed by atoms with Gasteiger partial charge in [-0.05, 0) is 63.4 Å². The lowest BCUT2D eigenvalue weighted by Gasteiger charge is -2.17. The smallest absolute Gasteiger partial charge is 0.167 e. The molecule has 142 valence electrons. The summed E-state index contributed by atoms with van der Waals surface area (Å²) in [6.45, 7) is 2.98. The van der Waals surface area contributed by atoms with Crippen molar-refractivity contribution in [2.45, 2.75) is 19.6 Å². The summed E-state index contributed by atoms with van der Waals surface area (Å²) >= 11 is 3.61. The molecule has 0 aliphatic rings. The monoisotopic (exact) mass is 424 g/mol. The predicted molar refractivity (Wildman–Crippen MR) is 106 cm³/mol. The van der Waals surface area contributed by atoms with Crippen molar-refractivity contribution >= 4 is 15.9 Å². The molecule has 4 nitrogen and oxygen atoms in total. The molecule has 0 saturated carbocycles. The van der Waals surface area contributed by atoms with Crippen LogP contribution in [0, 0.1) is 5.82 Å². The first-order valence-electron chi connectivity index (χ1n) is 8.59. The summed E-state index contributed by atoms with van der Waals surface area (Å²) in [5, 5.41) is 3.45. The molecule has 0 aliphatic heterocycles. The van der Waals surface area contributed by atoms with Gasteiger partial charge in [-0.3, -0.25) is 0 Å². The third-order valence-corrected chi connectivity index (χ3v) is 4.69. The Morgan fingerprint density at radius 1 is 1.12 bits per heavy atom. The second-order valence-corrected chi connectivity index (χ2v) is 7.16. The lowest BCUT2D eigenvalue weighted by Crippen LogP contribution is -2.21. The number of hydrogen-bond acceptors (Lipinski definition) is 4. The van der Waals surface area contributed by atoms with E-state index in [1.54, 1.807) is 19.2 Å². The van der Waals surface area contributed by atoms with Crippen LogP contribution >= 0.6 is 15.9 Å². The van der Waals surface area contributed by atoms with Gasteiger partial charge in [0.05, 0.1) is 7.11 Å². The van der Waals surface area contributed by atoms with Crippen LogP contribution in [0.1, 0.15) is 17.5 Å². The van der Waals surface area contributed by atoms with Crippen LogP contribution in [0.4, 0.5) is 4.39 Å². The van der Waals surface area contributed by atoms with E-state index in [4.69, 9.17) is 9.47 Å². The molecule has 0 spiro atoms. The van der Waals surface area contributed by atoms with Crippen LogP contribution in [0.15, 0.2) is 40.9 Å². The minimum absolute atomic E-state index is 0.253. The molecule has 0 amide bonds. The summed E-state index contributed by atoms with van der Waals surface area (Å²) in [6.07, 6.45) is 1.07. The molecule has 1 N–H and O–H groups in total. The van der Waals surface area contributed by atoms with Gasteiger partial charge in [0, 0.05) is 16.6 Å². The predicted octanol–water partition coefficient (Wildman–Crippen LogP) is 4.22. The molecule has 26 heavy (non-hydrogen) atoms. The second-order valence-electron chi connectivity index (χ2n) is 6.31. The first-order chi connectivity index (χ1) is 12.5. The second kappa shape index (κ2) is 10.5. The Kier molecular flexibility index (Phi) is 8.35. The Morgan fingerprint density at radius 2 is 1.85 bits per heavy atom. The number of nitrogens with one attached hydrogen (secondary N) is 1. The minimum atomic E-state index is -0.253. The summed E-state index contributed by atoms with van der Waals surface area (Å²) in [7, 11) is 5.77. The molecule has 0 bridgehead atoms. The summed E-state index contributed by atoms with van der Waals surface area (Å²) < 4.78 is 25.5. The highest BCUT2D eigenvalue weighted by molar-refractivity contribution is 9.10. The van der Waals surface area contributed by atoms with Crippen LogP contribution in [-0.2, 0) is 13.2 Å². The Hall–Kier alpha value is -1.63. The van der Waals surface area contributed by atoms with Crippen molar-refractivity contribution < 1.29 is 13.9 Å². The van der Waals surface area contributed by atoms with E-state index in [1.165, 1.54) is 12.1 Å². The number of hydrogen-bond donors (Lipinski definition) is 1. The molecule has 6 heteroatoms. The first-order valence-corrected chi connectivity index (χ1v) is 9.38. The van der Waals surface area contributed by atoms with E-state index in [-0.39, 0.29) is 5.82 Å². The molecule has 2 aromatic rings. The van der Waals surface area contributed by atoms with Crippen LogP contribution in [-0.4, -0.2) is 39.2 Å². The zero-order valence-corrected chi connectivity index (χ0v) is 17.1. The summed E-state index contributed by atoms with van der Waals surface area (Å²) in [5.74, 6) is 1.13. The highest BCUT2D eigenvalue weighted by Crippen LogP contribution is 2.36. The fourth-order valence-corrected chi connectivity index (χ4v) is 2.99. The Morgan fingerprint density at radius 3 is 2.50 bits per heavy atom. The van der Waals surface area contributed by atoms with Crippen molar-refractivity contribution in [1.29, 1.82) is 0 Å². The van der Waals surface area contributed by atoms with E-state index in [9.17, 15) is 4.39 Å². The lowest BCUT2D eigenvalue weighted by molar-refractivity contribution is 0.280. The molecule has 2 aromatic carbocycles. The number of rotatable bonds is 10. The topological polar surface area (TPSA) is 33.7 Å². The van der Waals surface area contributed by atoms with Gasteiger partial charge >= 0.3 is 0 Å². The quantitative estimate of drug-likeness (QED) is 0.578. The van der Waals surface area contributed by atoms with Crippen molar-refractivity contribution in [3.05, 3.63) is 57.8 Å². The zero-order valence-electron chi connectivity index (χ0n) is 15.5. The maximum atomic E-state index is 13.1. The fourth-order valence-electron chi connectivity index (χ4n) is 2.54. The molecule has 2 rings (SSSR count). The van der Waals surface area contributed by atoms with Gasteiger partial charge in [0.25, 0.3) is 0 Å². The van der Waals surface area contributed by atoms with Crippen LogP contribution in [0.3, 0.4) is 0 Å². The van der Waals surface area contributed by atoms with Crippen LogP contribution in [0.2, 0.25) is 0 Å². The van der Waals surface area contributed by atoms with E-state index in [1.807, 2.05) is 12.1 Å². The van der Waals surface area contributed by atoms with Gasteiger partial charge in [0.2, 0.25) is 0 Å². The van der Waals surface area contributed by atoms with E-state index in [0.29, 0.717) is 24.7 Å². The Balaban J connectivity index is 2.06. The number of methoxy groups -OCH3 is 1. The van der Waals surface area contributed by atoms with Crippen molar-refractivity contribution in [1.82, 2.24) is 10.2 Å². The Labute approximate surface area is 163 Å². The SMILES string of the molecule is COc1ccc(Br)c(CNCCCN(C)C)c1OCc1ccc(F)cc1. The third kappa shape index (κ3) is 6.27. The molecule has 0 fully saturated rings. The van der Waals surface area contributed by atoms with E-state index in [0.717, 1.165) is 35.1 Å². The fraction of sp³-hybridized carbons (Fsp3) is 0.400. The largest absolute Gasteiger partial charge is 0.493 e. The molecule has 0 radical (unpaired) electrons. The molecular formula is C20H26BrFN2O2. The van der Waals surface area contributed by atoms with Gasteiger partial charge in [0.15, 0.2) is 11.5 Å². The Bertz CT molecular complexity index is 693. The van der Waals surface area contributed by atoms with E-state index in [2.05, 4.69) is 40.2 Å². The van der Waals surface area contributed by atoms with Gasteiger partial charge in [0.1, 0.15) is 12.4 Å². The first kappa shape index (κ1) is 20.7. The molecule has 0 unspecified atom stereocenters. The molecular weight excluding hydrogens is 399 g/mol. The average molecular weight is 425 g/mol. The minimum Gasteiger partial charge on any atom is -0.493 e. The lowest BCUT2D eigenvalue weighted by atomic mass is 10.1. The maximum Gasteiger partial charge on any atom is 0.167 e. The van der Waals surface area contributed by atoms with Crippen molar-refractivity contribution in [2.75, 3.05) is 34.3 Å². The van der Waals surface area contributed by atoms with Crippen molar-refractivity contribution in [2.24, 2.45) is 0 Å². The van der Waals surface area contributed by atoms with E-state index < -0.39 is 0 Å². The standard InChI is InChI=1S/C20H26BrFN2O2/c1-24(2)12-4-11-23-13-17-18(21)9-10-19(25-3)20(17)26-14-15-5-7-16(22)8-6-15/h5-10,23H,4,11-14H2,1-3H3. The number of nitrogens with zero attached hydrogens (tertiary/aromatic N) is 1. The van der Waals surface area contributed by atoms with Gasteiger partial charge < -0.3 is 19.7 Å². The molecule has 0 aromatic heterocycles. The number of halogens is 2. The molecule has 0 saturated heterocycles. The average Bonchev–Trinajstić information content (AvgIpc) is 2.62. The van der Waals surface area contributed by atoms with Crippen LogP contribution in [0.5, 0.6) is 11.5 Å². The van der Waals surface area contributed by atoms with Gasteiger partial charge in [-0.15, -0.1) is 0 Å². The molecule has 0 heterocycles. The summed E-state index contributed by atoms with van der Waals surface area (Å²) in [6, 6.07) is 10.1. The summed E-state index contributed by atoms with van der Waals surface area (Å²) in [4.78, 5) is 2.17. The van der Waals surface area contributed by atoms with Gasteiger partial charge in [-0.1, -0.05) is 28.1 Å². The van der Waals surface area contributed by atoms with Crippen LogP contribution < -0.4 is 14.8 Å². The number of benzene rings is 2. The van der Waals surface area contributed by atoms with Crippen molar-refractivity contribution in [3.8, 4) is 11.5 Å². The molecule has 0 atom stereocenters. The normalized spacial score (nSPS) is 11.0. The zero-order chi connectivity index (χ0) is 18.9. The summed E-state index contributed by atoms with van der Waals surface area (Å²) in [5.41, 5.74) is 1.91. The van der Waals surface area contributed by atoms with E-state index >= 15 is 0 Å². The molecule has 0 aliphatic carbocycles.